The van der Waals surface area contributed by atoms with Crippen LogP contribution in [0.2, 0.25) is 58.9 Å². The number of nitrogens with one attached hydrogen (secondary N) is 1. The van der Waals surface area contributed by atoms with E-state index in [1.807, 2.05) is 25.7 Å². The quantitative estimate of drug-likeness (QED) is 0.375. The predicted octanol–water partition coefficient (Wildman–Crippen LogP) is 5.22. The Morgan fingerprint density at radius 1 is 1.04 bits per heavy atom. The maximum atomic E-state index is 12.7. The molecule has 0 bridgehead atoms. The van der Waals surface area contributed by atoms with E-state index in [1.165, 1.54) is 0 Å². The molecule has 0 heterocycles. The monoisotopic (exact) mass is 523 g/mol. The molecular formula is C18H34INO3Si3. The molecule has 4 nitrogen and oxygen atoms in total. The third-order valence-corrected chi connectivity index (χ3v) is 6.85. The SMILES string of the molecule is C[Si](C)(C)NC(Cc1ccc(O[Si](C)(C)C)c(I)c1)C(=O)O[Si](C)(C)C. The van der Waals surface area contributed by atoms with Gasteiger partial charge in [-0.25, -0.2) is 0 Å². The molecule has 1 unspecified atom stereocenters. The smallest absolute Gasteiger partial charge is 0.309 e. The highest BCUT2D eigenvalue weighted by molar-refractivity contribution is 14.1. The first-order chi connectivity index (χ1) is 11.6. The third kappa shape index (κ3) is 9.68. The molecule has 148 valence electrons. The summed E-state index contributed by atoms with van der Waals surface area (Å²) in [5.41, 5.74) is 1.13. The maximum Gasteiger partial charge on any atom is 0.309 e. The normalized spacial score (nSPS) is 14.1. The van der Waals surface area contributed by atoms with Crippen molar-refractivity contribution >= 4 is 53.4 Å². The van der Waals surface area contributed by atoms with E-state index in [2.05, 4.69) is 79.0 Å². The molecule has 1 atom stereocenters. The fraction of sp³-hybridized carbons (Fsp3) is 0.611. The number of hydrogen-bond acceptors (Lipinski definition) is 4. The number of benzene rings is 1. The highest BCUT2D eigenvalue weighted by atomic mass is 127. The summed E-state index contributed by atoms with van der Waals surface area (Å²) < 4.78 is 13.0. The lowest BCUT2D eigenvalue weighted by molar-refractivity contribution is -0.137. The minimum Gasteiger partial charge on any atom is -0.544 e. The van der Waals surface area contributed by atoms with Gasteiger partial charge >= 0.3 is 5.97 Å². The summed E-state index contributed by atoms with van der Waals surface area (Å²) >= 11 is 2.32. The van der Waals surface area contributed by atoms with Crippen LogP contribution in [0.25, 0.3) is 0 Å². The zero-order chi connectivity index (χ0) is 20.3. The van der Waals surface area contributed by atoms with Crippen molar-refractivity contribution in [2.45, 2.75) is 71.4 Å². The van der Waals surface area contributed by atoms with Crippen LogP contribution in [0.1, 0.15) is 5.56 Å². The van der Waals surface area contributed by atoms with Crippen LogP contribution in [0, 0.1) is 3.57 Å². The van der Waals surface area contributed by atoms with Gasteiger partial charge in [0.2, 0.25) is 16.6 Å². The lowest BCUT2D eigenvalue weighted by Crippen LogP contribution is -2.54. The molecule has 0 aliphatic heterocycles. The van der Waals surface area contributed by atoms with Gasteiger partial charge in [-0.15, -0.1) is 0 Å². The Labute approximate surface area is 175 Å². The summed E-state index contributed by atoms with van der Waals surface area (Å²) in [4.78, 5) is 16.3. The van der Waals surface area contributed by atoms with Gasteiger partial charge in [0.05, 0.1) is 3.57 Å². The van der Waals surface area contributed by atoms with Crippen molar-refractivity contribution in [3.63, 3.8) is 0 Å². The molecular weight excluding hydrogens is 489 g/mol. The number of halogens is 1. The maximum absolute atomic E-state index is 12.7. The summed E-state index contributed by atoms with van der Waals surface area (Å²) in [7, 11) is -5.17. The van der Waals surface area contributed by atoms with Crippen LogP contribution in [0.5, 0.6) is 5.75 Å². The van der Waals surface area contributed by atoms with Gasteiger partial charge in [0, 0.05) is 0 Å². The van der Waals surface area contributed by atoms with E-state index in [-0.39, 0.29) is 12.0 Å². The Kier molecular flexibility index (Phi) is 8.16. The van der Waals surface area contributed by atoms with E-state index in [0.717, 1.165) is 14.9 Å². The molecule has 0 aliphatic rings. The summed E-state index contributed by atoms with van der Waals surface area (Å²) in [6.45, 7) is 19.3. The van der Waals surface area contributed by atoms with E-state index < -0.39 is 24.9 Å². The Morgan fingerprint density at radius 3 is 2.04 bits per heavy atom. The molecule has 26 heavy (non-hydrogen) atoms. The second-order valence-electron chi connectivity index (χ2n) is 9.66. The molecule has 0 spiro atoms. The van der Waals surface area contributed by atoms with Gasteiger partial charge < -0.3 is 13.8 Å². The molecule has 1 aromatic rings. The molecule has 1 aromatic carbocycles. The molecule has 0 aromatic heterocycles. The summed E-state index contributed by atoms with van der Waals surface area (Å²) in [5.74, 6) is 0.817. The summed E-state index contributed by atoms with van der Waals surface area (Å²) in [6.07, 6.45) is 0.636. The second kappa shape index (κ2) is 8.89. The average molecular weight is 524 g/mol. The minimum absolute atomic E-state index is 0.121. The van der Waals surface area contributed by atoms with E-state index in [4.69, 9.17) is 8.85 Å². The van der Waals surface area contributed by atoms with E-state index in [0.29, 0.717) is 6.42 Å². The van der Waals surface area contributed by atoms with Gasteiger partial charge in [-0.05, 0) is 86.0 Å². The molecule has 1 N–H and O–H groups in total. The van der Waals surface area contributed by atoms with Gasteiger partial charge in [-0.2, -0.15) is 0 Å². The molecule has 0 aliphatic carbocycles. The largest absolute Gasteiger partial charge is 0.544 e. The summed E-state index contributed by atoms with van der Waals surface area (Å²) in [6, 6.07) is 5.92. The van der Waals surface area contributed by atoms with Crippen LogP contribution in [0.3, 0.4) is 0 Å². The van der Waals surface area contributed by atoms with Gasteiger partial charge in [0.25, 0.3) is 0 Å². The number of carbonyl (C=O) groups is 1. The van der Waals surface area contributed by atoms with Crippen LogP contribution in [0.15, 0.2) is 18.2 Å². The molecule has 0 amide bonds. The van der Waals surface area contributed by atoms with Crippen molar-refractivity contribution in [2.24, 2.45) is 0 Å². The van der Waals surface area contributed by atoms with Crippen LogP contribution in [-0.4, -0.2) is 36.9 Å². The first kappa shape index (κ1) is 23.9. The highest BCUT2D eigenvalue weighted by Crippen LogP contribution is 2.25. The zero-order valence-electron chi connectivity index (χ0n) is 17.6. The number of rotatable bonds is 8. The minimum atomic E-state index is -1.91. The first-order valence-corrected chi connectivity index (χ1v) is 20.4. The van der Waals surface area contributed by atoms with Crippen LogP contribution < -0.4 is 9.41 Å². The van der Waals surface area contributed by atoms with Gasteiger partial charge in [0.1, 0.15) is 20.0 Å². The molecule has 0 saturated carbocycles. The Morgan fingerprint density at radius 2 is 1.62 bits per heavy atom. The van der Waals surface area contributed by atoms with Crippen molar-refractivity contribution in [3.05, 3.63) is 27.3 Å². The molecule has 8 heteroatoms. The van der Waals surface area contributed by atoms with Gasteiger partial charge in [0.15, 0.2) is 0 Å². The van der Waals surface area contributed by atoms with Crippen molar-refractivity contribution in [1.82, 2.24) is 4.98 Å². The van der Waals surface area contributed by atoms with Crippen molar-refractivity contribution in [2.75, 3.05) is 0 Å². The van der Waals surface area contributed by atoms with E-state index in [9.17, 15) is 4.79 Å². The fourth-order valence-corrected chi connectivity index (χ4v) is 6.16. The van der Waals surface area contributed by atoms with Crippen molar-refractivity contribution in [1.29, 1.82) is 0 Å². The van der Waals surface area contributed by atoms with Crippen LogP contribution in [-0.2, 0) is 15.6 Å². The van der Waals surface area contributed by atoms with E-state index in [1.54, 1.807) is 0 Å². The third-order valence-electron chi connectivity index (χ3n) is 3.15. The number of hydrogen-bond donors (Lipinski definition) is 1. The topological polar surface area (TPSA) is 47.6 Å². The second-order valence-corrected chi connectivity index (χ2v) is 24.5. The number of carbonyl (C=O) groups excluding carboxylic acids is 1. The highest BCUT2D eigenvalue weighted by Gasteiger charge is 2.30. The molecule has 0 saturated heterocycles. The van der Waals surface area contributed by atoms with Crippen molar-refractivity contribution < 1.29 is 13.6 Å². The molecule has 0 fully saturated rings. The predicted molar refractivity (Wildman–Crippen MR) is 127 cm³/mol. The Hall–Kier alpha value is -0.169. The Bertz CT molecular complexity index is 634. The van der Waals surface area contributed by atoms with Gasteiger partial charge in [-0.1, -0.05) is 25.7 Å². The zero-order valence-corrected chi connectivity index (χ0v) is 22.8. The lowest BCUT2D eigenvalue weighted by Gasteiger charge is -2.29. The molecule has 1 rings (SSSR count). The fourth-order valence-electron chi connectivity index (χ4n) is 2.41. The average Bonchev–Trinajstić information content (AvgIpc) is 2.36. The Balaban J connectivity index is 3.00. The van der Waals surface area contributed by atoms with Crippen molar-refractivity contribution in [3.8, 4) is 5.75 Å². The van der Waals surface area contributed by atoms with Gasteiger partial charge in [-0.3, -0.25) is 4.79 Å². The van der Waals surface area contributed by atoms with E-state index >= 15 is 0 Å². The van der Waals surface area contributed by atoms with Crippen LogP contribution in [0.4, 0.5) is 0 Å². The molecule has 0 radical (unpaired) electrons. The first-order valence-electron chi connectivity index (χ1n) is 9.04. The van der Waals surface area contributed by atoms with Crippen LogP contribution >= 0.6 is 22.6 Å². The lowest BCUT2D eigenvalue weighted by atomic mass is 10.1. The summed E-state index contributed by atoms with van der Waals surface area (Å²) in [5, 5.41) is 0. The standard InChI is InChI=1S/C18H34INO3Si3/c1-24(2,3)20-16(18(21)23-26(7,8)9)13-14-10-11-17(15(19)12-14)22-25(4,5)6/h10-12,16,20H,13H2,1-9H3.